The molecule has 0 aliphatic heterocycles. The normalized spacial score (nSPS) is 10.8. The molecule has 0 heterocycles. The molecule has 0 bridgehead atoms. The van der Waals surface area contributed by atoms with Gasteiger partial charge in [-0.15, -0.1) is 34.9 Å². The molecule has 1 heteroatoms. The van der Waals surface area contributed by atoms with Crippen LogP contribution >= 0.6 is 0 Å². The molecule has 249 valence electrons. The van der Waals surface area contributed by atoms with Crippen molar-refractivity contribution in [2.75, 3.05) is 0 Å². The number of hydrogen-bond acceptors (Lipinski definition) is 0. The Morgan fingerprint density at radius 2 is 0.620 bits per heavy atom. The van der Waals surface area contributed by atoms with Crippen molar-refractivity contribution < 1.29 is 20.1 Å². The molecule has 7 aromatic rings. The molecule has 0 spiro atoms. The van der Waals surface area contributed by atoms with Crippen LogP contribution in [0.2, 0.25) is 0 Å². The fraction of sp³-hybridized carbons (Fsp3) is 0.143. The second-order valence-corrected chi connectivity index (χ2v) is 12.7. The second-order valence-electron chi connectivity index (χ2n) is 12.7. The predicted molar refractivity (Wildman–Crippen MR) is 202 cm³/mol. The van der Waals surface area contributed by atoms with E-state index in [1.54, 1.807) is 0 Å². The van der Waals surface area contributed by atoms with E-state index in [4.69, 9.17) is 0 Å². The van der Waals surface area contributed by atoms with Gasteiger partial charge in [0.15, 0.2) is 0 Å². The van der Waals surface area contributed by atoms with Gasteiger partial charge in [-0.3, -0.25) is 0 Å². The first kappa shape index (κ1) is 35.0. The van der Waals surface area contributed by atoms with Crippen LogP contribution in [0, 0.1) is 36.4 Å². The topological polar surface area (TPSA) is 0 Å². The summed E-state index contributed by atoms with van der Waals surface area (Å²) in [7, 11) is 0. The van der Waals surface area contributed by atoms with Gasteiger partial charge in [-0.2, -0.15) is 146 Å². The van der Waals surface area contributed by atoms with E-state index in [9.17, 15) is 0 Å². The van der Waals surface area contributed by atoms with Crippen molar-refractivity contribution in [3.05, 3.63) is 215 Å². The van der Waals surface area contributed by atoms with Crippen LogP contribution in [-0.2, 0) is 58.6 Å². The third kappa shape index (κ3) is 9.66. The molecule has 7 rings (SSSR count). The fourth-order valence-corrected chi connectivity index (χ4v) is 6.37. The average molecular weight is 819 g/mol. The summed E-state index contributed by atoms with van der Waals surface area (Å²) in [6, 6.07) is 71.6. The maximum atomic E-state index is 3.48. The molecule has 0 aliphatic rings. The first-order valence-electron chi connectivity index (χ1n) is 17.3. The van der Waals surface area contributed by atoms with E-state index in [0.717, 1.165) is 78.3 Å². The maximum absolute atomic E-state index is 3.48. The van der Waals surface area contributed by atoms with Gasteiger partial charge < -0.3 is 0 Å². The molecule has 0 nitrogen and oxygen atoms in total. The standard InChI is InChI=1S/C49H38.Ir/c1-4-13-44(14-5-1)47-29-23-38(24-30-47)11-10-12-41-35-42(21-19-39-25-31-48(32-26-39)45-15-6-2-7-16-45)37-43(36-41)22-20-40-27-33-49(34-28-40)46-17-8-3-9-18-46;/h1-9,13,15,17,23-29,31,33,35-37H,10-12,19-22H2;/q-6;. The first-order valence-corrected chi connectivity index (χ1v) is 17.3. The number of aryl methyl sites for hydroxylation is 6. The molecule has 0 saturated carbocycles. The molecule has 0 atom stereocenters. The minimum atomic E-state index is 0. The minimum Gasteiger partial charge on any atom is -0.226 e. The first-order chi connectivity index (χ1) is 24.2. The summed E-state index contributed by atoms with van der Waals surface area (Å²) in [5.74, 6) is 0. The van der Waals surface area contributed by atoms with Crippen LogP contribution in [-0.4, -0.2) is 0 Å². The van der Waals surface area contributed by atoms with Crippen LogP contribution in [0.1, 0.15) is 39.8 Å². The van der Waals surface area contributed by atoms with Crippen molar-refractivity contribution in [1.29, 1.82) is 0 Å². The van der Waals surface area contributed by atoms with Gasteiger partial charge in [0.25, 0.3) is 0 Å². The number of hydrogen-bond donors (Lipinski definition) is 0. The van der Waals surface area contributed by atoms with E-state index >= 15 is 0 Å². The molecular weight excluding hydrogens is 781 g/mol. The van der Waals surface area contributed by atoms with Gasteiger partial charge in [0.05, 0.1) is 0 Å². The summed E-state index contributed by atoms with van der Waals surface area (Å²) in [6.07, 6.45) is 7.20. The van der Waals surface area contributed by atoms with Crippen molar-refractivity contribution in [1.82, 2.24) is 0 Å². The zero-order valence-electron chi connectivity index (χ0n) is 28.1. The maximum Gasteiger partial charge on any atom is 0 e. The van der Waals surface area contributed by atoms with E-state index < -0.39 is 0 Å². The van der Waals surface area contributed by atoms with Crippen molar-refractivity contribution in [2.24, 2.45) is 0 Å². The zero-order chi connectivity index (χ0) is 33.1. The van der Waals surface area contributed by atoms with Gasteiger partial charge >= 0.3 is 0 Å². The molecule has 0 saturated heterocycles. The molecule has 0 amide bonds. The second kappa shape index (κ2) is 17.7. The summed E-state index contributed by atoms with van der Waals surface area (Å²) in [5, 5.41) is 0. The summed E-state index contributed by atoms with van der Waals surface area (Å²) < 4.78 is 0. The average Bonchev–Trinajstić information content (AvgIpc) is 3.18. The third-order valence-corrected chi connectivity index (χ3v) is 9.08. The summed E-state index contributed by atoms with van der Waals surface area (Å²) in [5.41, 5.74) is 14.7. The van der Waals surface area contributed by atoms with E-state index in [-0.39, 0.29) is 20.1 Å². The van der Waals surface area contributed by atoms with E-state index in [1.807, 2.05) is 54.6 Å². The van der Waals surface area contributed by atoms with E-state index in [2.05, 4.69) is 127 Å². The van der Waals surface area contributed by atoms with Crippen LogP contribution in [0.15, 0.2) is 146 Å². The molecule has 7 aromatic carbocycles. The monoisotopic (exact) mass is 819 g/mol. The van der Waals surface area contributed by atoms with Gasteiger partial charge in [-0.25, -0.2) is 33.4 Å². The van der Waals surface area contributed by atoms with E-state index in [0.29, 0.717) is 0 Å². The van der Waals surface area contributed by atoms with Crippen molar-refractivity contribution in [3.8, 4) is 33.4 Å². The number of benzene rings is 7. The zero-order valence-corrected chi connectivity index (χ0v) is 30.5. The summed E-state index contributed by atoms with van der Waals surface area (Å²) in [4.78, 5) is 0. The molecule has 0 aliphatic carbocycles. The Morgan fingerprint density at radius 3 is 0.960 bits per heavy atom. The summed E-state index contributed by atoms with van der Waals surface area (Å²) >= 11 is 0. The Kier molecular flexibility index (Phi) is 12.4. The van der Waals surface area contributed by atoms with Gasteiger partial charge in [-0.05, 0) is 36.0 Å². The van der Waals surface area contributed by atoms with Crippen molar-refractivity contribution >= 4 is 0 Å². The molecule has 0 N–H and O–H groups in total. The summed E-state index contributed by atoms with van der Waals surface area (Å²) in [6.45, 7) is 0. The Hall–Kier alpha value is -4.81. The molecule has 50 heavy (non-hydrogen) atoms. The van der Waals surface area contributed by atoms with Crippen molar-refractivity contribution in [2.45, 2.75) is 44.9 Å². The van der Waals surface area contributed by atoms with Gasteiger partial charge in [0.2, 0.25) is 0 Å². The van der Waals surface area contributed by atoms with Crippen LogP contribution in [0.5, 0.6) is 0 Å². The van der Waals surface area contributed by atoms with Crippen LogP contribution < -0.4 is 0 Å². The van der Waals surface area contributed by atoms with Gasteiger partial charge in [0.1, 0.15) is 0 Å². The minimum absolute atomic E-state index is 0. The Balaban J connectivity index is 0.00000432. The van der Waals surface area contributed by atoms with Crippen LogP contribution in [0.25, 0.3) is 33.4 Å². The molecule has 0 fully saturated rings. The fourth-order valence-electron chi connectivity index (χ4n) is 6.37. The quantitative estimate of drug-likeness (QED) is 0.102. The Labute approximate surface area is 312 Å². The third-order valence-electron chi connectivity index (χ3n) is 9.08. The Bertz CT molecular complexity index is 1920. The van der Waals surface area contributed by atoms with E-state index in [1.165, 1.54) is 33.4 Å². The van der Waals surface area contributed by atoms with Crippen molar-refractivity contribution in [3.63, 3.8) is 0 Å². The molecule has 0 aromatic heterocycles. The number of rotatable bonds is 13. The van der Waals surface area contributed by atoms with Crippen LogP contribution in [0.4, 0.5) is 0 Å². The Morgan fingerprint density at radius 1 is 0.300 bits per heavy atom. The predicted octanol–water partition coefficient (Wildman–Crippen LogP) is 11.2. The van der Waals surface area contributed by atoms with Gasteiger partial charge in [-0.1, -0.05) is 43.9 Å². The smallest absolute Gasteiger partial charge is 0 e. The molecule has 0 unspecified atom stereocenters. The van der Waals surface area contributed by atoms with Gasteiger partial charge in [0, 0.05) is 20.1 Å². The largest absolute Gasteiger partial charge is 0.226 e. The molecular formula is C49H38Ir-6. The molecule has 1 radical (unpaired) electrons. The van der Waals surface area contributed by atoms with Crippen LogP contribution in [0.3, 0.4) is 0 Å². The SMILES string of the molecule is [Ir].[c-]1ccccc1-c1[c-]cc(CCCc2cc(CCc3c[c-]c(-c4[c-]cccc4)cc3)cc(CCc3c[c-]c(-c4[c-]cccc4)cc3)c2)cc1.